The molecule has 1 aromatic rings. The van der Waals surface area contributed by atoms with Gasteiger partial charge in [-0.15, -0.1) is 0 Å². The summed E-state index contributed by atoms with van der Waals surface area (Å²) in [6.45, 7) is 7.55. The van der Waals surface area contributed by atoms with Crippen LogP contribution < -0.4 is 5.73 Å². The quantitative estimate of drug-likeness (QED) is 0.849. The van der Waals surface area contributed by atoms with E-state index in [1.54, 1.807) is 0 Å². The van der Waals surface area contributed by atoms with Gasteiger partial charge in [-0.2, -0.15) is 0 Å². The molecule has 0 radical (unpaired) electrons. The van der Waals surface area contributed by atoms with Crippen LogP contribution in [0.5, 0.6) is 0 Å². The minimum atomic E-state index is -0.540. The maximum absolute atomic E-state index is 12.2. The molecule has 0 aromatic heterocycles. The molecule has 3 nitrogen and oxygen atoms in total. The zero-order valence-electron chi connectivity index (χ0n) is 10.9. The highest BCUT2D eigenvalue weighted by Crippen LogP contribution is 2.14. The van der Waals surface area contributed by atoms with Crippen LogP contribution in [0.1, 0.15) is 37.4 Å². The van der Waals surface area contributed by atoms with Crippen LogP contribution in [0.4, 0.5) is 0 Å². The monoisotopic (exact) mass is 234 g/mol. The minimum Gasteiger partial charge on any atom is -0.341 e. The minimum absolute atomic E-state index is 0.0122. The maximum atomic E-state index is 12.2. The van der Waals surface area contributed by atoms with E-state index in [1.807, 2.05) is 43.0 Å². The lowest BCUT2D eigenvalue weighted by molar-refractivity contribution is -0.132. The summed E-state index contributed by atoms with van der Waals surface area (Å²) in [5.74, 6) is 0.0122. The van der Waals surface area contributed by atoms with Crippen LogP contribution in [0.3, 0.4) is 0 Å². The average Bonchev–Trinajstić information content (AvgIpc) is 2.35. The molecule has 1 aromatic carbocycles. The predicted octanol–water partition coefficient (Wildman–Crippen LogP) is 2.25. The topological polar surface area (TPSA) is 46.3 Å². The normalized spacial score (nSPS) is 12.2. The summed E-state index contributed by atoms with van der Waals surface area (Å²) in [4.78, 5) is 14.0. The largest absolute Gasteiger partial charge is 0.341 e. The number of rotatable bonds is 5. The van der Waals surface area contributed by atoms with E-state index in [4.69, 9.17) is 5.73 Å². The Hall–Kier alpha value is -1.35. The maximum Gasteiger partial charge on any atom is 0.244 e. The third-order valence-electron chi connectivity index (χ3n) is 2.89. The van der Waals surface area contributed by atoms with Gasteiger partial charge in [-0.05, 0) is 25.8 Å². The van der Waals surface area contributed by atoms with Crippen LogP contribution in [0.2, 0.25) is 0 Å². The molecular formula is C14H22N2O. The summed E-state index contributed by atoms with van der Waals surface area (Å²) in [5.41, 5.74) is 8.06. The molecule has 0 saturated heterocycles. The van der Waals surface area contributed by atoms with Crippen molar-refractivity contribution in [3.05, 3.63) is 35.4 Å². The molecule has 3 heteroatoms. The third-order valence-corrected chi connectivity index (χ3v) is 2.89. The number of nitrogens with two attached hydrogens (primary N) is 1. The number of likely N-dealkylation sites (N-methyl/N-ethyl adjacent to an activating group) is 1. The van der Waals surface area contributed by atoms with E-state index >= 15 is 0 Å². The van der Waals surface area contributed by atoms with Gasteiger partial charge in [0.2, 0.25) is 5.91 Å². The summed E-state index contributed by atoms with van der Waals surface area (Å²) in [6.07, 6.45) is 0.959. The number of hydrogen-bond acceptors (Lipinski definition) is 2. The summed E-state index contributed by atoms with van der Waals surface area (Å²) in [5, 5.41) is 0. The molecule has 0 aliphatic rings. The van der Waals surface area contributed by atoms with Gasteiger partial charge in [0.1, 0.15) is 6.04 Å². The van der Waals surface area contributed by atoms with E-state index in [0.29, 0.717) is 6.54 Å². The zero-order chi connectivity index (χ0) is 12.8. The molecule has 1 unspecified atom stereocenters. The van der Waals surface area contributed by atoms with Gasteiger partial charge >= 0.3 is 0 Å². The summed E-state index contributed by atoms with van der Waals surface area (Å²) in [7, 11) is 0. The standard InChI is InChI=1S/C14H22N2O/c1-4-10-16(5-2)14(17)13(15)12-8-6-11(3)7-9-12/h6-9,13H,4-5,10,15H2,1-3H3. The lowest BCUT2D eigenvalue weighted by Gasteiger charge is -2.24. The van der Waals surface area contributed by atoms with Gasteiger partial charge in [0.15, 0.2) is 0 Å². The van der Waals surface area contributed by atoms with Crippen LogP contribution in [0.15, 0.2) is 24.3 Å². The fraction of sp³-hybridized carbons (Fsp3) is 0.500. The van der Waals surface area contributed by atoms with Gasteiger partial charge in [0, 0.05) is 13.1 Å². The van der Waals surface area contributed by atoms with Crippen molar-refractivity contribution in [2.45, 2.75) is 33.2 Å². The van der Waals surface area contributed by atoms with Crippen molar-refractivity contribution in [2.24, 2.45) is 5.73 Å². The number of carbonyl (C=O) groups excluding carboxylic acids is 1. The molecule has 0 aliphatic carbocycles. The number of carbonyl (C=O) groups is 1. The highest BCUT2D eigenvalue weighted by molar-refractivity contribution is 5.83. The molecule has 0 saturated carbocycles. The van der Waals surface area contributed by atoms with Crippen LogP contribution in [0, 0.1) is 6.92 Å². The van der Waals surface area contributed by atoms with Crippen molar-refractivity contribution in [2.75, 3.05) is 13.1 Å². The summed E-state index contributed by atoms with van der Waals surface area (Å²) in [6, 6.07) is 7.29. The fourth-order valence-electron chi connectivity index (χ4n) is 1.81. The molecule has 1 amide bonds. The number of aryl methyl sites for hydroxylation is 1. The zero-order valence-corrected chi connectivity index (χ0v) is 10.9. The molecule has 1 rings (SSSR count). The lowest BCUT2D eigenvalue weighted by Crippen LogP contribution is -2.38. The van der Waals surface area contributed by atoms with Gasteiger partial charge in [-0.1, -0.05) is 36.8 Å². The Balaban J connectivity index is 2.77. The smallest absolute Gasteiger partial charge is 0.244 e. The van der Waals surface area contributed by atoms with Gasteiger partial charge < -0.3 is 10.6 Å². The Bertz CT molecular complexity index is 359. The lowest BCUT2D eigenvalue weighted by atomic mass is 10.0. The second-order valence-electron chi connectivity index (χ2n) is 4.31. The van der Waals surface area contributed by atoms with E-state index in [2.05, 4.69) is 6.92 Å². The van der Waals surface area contributed by atoms with Gasteiger partial charge in [-0.3, -0.25) is 4.79 Å². The van der Waals surface area contributed by atoms with Crippen molar-refractivity contribution in [3.8, 4) is 0 Å². The Morgan fingerprint density at radius 2 is 1.88 bits per heavy atom. The van der Waals surface area contributed by atoms with Gasteiger partial charge in [0.05, 0.1) is 0 Å². The number of amides is 1. The average molecular weight is 234 g/mol. The highest BCUT2D eigenvalue weighted by atomic mass is 16.2. The molecule has 94 valence electrons. The Labute approximate surface area is 104 Å². The fourth-order valence-corrected chi connectivity index (χ4v) is 1.81. The van der Waals surface area contributed by atoms with Gasteiger partial charge in [0.25, 0.3) is 0 Å². The van der Waals surface area contributed by atoms with Crippen LogP contribution >= 0.6 is 0 Å². The molecule has 17 heavy (non-hydrogen) atoms. The van der Waals surface area contributed by atoms with Crippen LogP contribution in [-0.2, 0) is 4.79 Å². The Morgan fingerprint density at radius 1 is 1.29 bits per heavy atom. The third kappa shape index (κ3) is 3.56. The second kappa shape index (κ2) is 6.40. The number of nitrogens with zero attached hydrogens (tertiary/aromatic N) is 1. The van der Waals surface area contributed by atoms with Crippen molar-refractivity contribution >= 4 is 5.91 Å². The van der Waals surface area contributed by atoms with E-state index in [0.717, 1.165) is 18.5 Å². The molecule has 0 heterocycles. The molecule has 1 atom stereocenters. The van der Waals surface area contributed by atoms with E-state index in [9.17, 15) is 4.79 Å². The summed E-state index contributed by atoms with van der Waals surface area (Å²) < 4.78 is 0. The number of benzene rings is 1. The molecule has 0 bridgehead atoms. The molecule has 2 N–H and O–H groups in total. The van der Waals surface area contributed by atoms with Crippen LogP contribution in [0.25, 0.3) is 0 Å². The second-order valence-corrected chi connectivity index (χ2v) is 4.31. The van der Waals surface area contributed by atoms with E-state index in [1.165, 1.54) is 5.56 Å². The summed E-state index contributed by atoms with van der Waals surface area (Å²) >= 11 is 0. The van der Waals surface area contributed by atoms with E-state index < -0.39 is 6.04 Å². The van der Waals surface area contributed by atoms with Crippen LogP contribution in [-0.4, -0.2) is 23.9 Å². The van der Waals surface area contributed by atoms with E-state index in [-0.39, 0.29) is 5.91 Å². The Kier molecular flexibility index (Phi) is 5.16. The highest BCUT2D eigenvalue weighted by Gasteiger charge is 2.20. The first-order chi connectivity index (χ1) is 8.10. The predicted molar refractivity (Wildman–Crippen MR) is 70.7 cm³/mol. The molecule has 0 fully saturated rings. The molecular weight excluding hydrogens is 212 g/mol. The number of hydrogen-bond donors (Lipinski definition) is 1. The van der Waals surface area contributed by atoms with Crippen molar-refractivity contribution in [1.29, 1.82) is 0 Å². The first-order valence-electron chi connectivity index (χ1n) is 6.21. The van der Waals surface area contributed by atoms with Crippen molar-refractivity contribution in [1.82, 2.24) is 4.90 Å². The first-order valence-corrected chi connectivity index (χ1v) is 6.21. The first kappa shape index (κ1) is 13.7. The molecule has 0 spiro atoms. The van der Waals surface area contributed by atoms with Crippen molar-refractivity contribution in [3.63, 3.8) is 0 Å². The molecule has 0 aliphatic heterocycles. The SMILES string of the molecule is CCCN(CC)C(=O)C(N)c1ccc(C)cc1. The Morgan fingerprint density at radius 3 is 2.35 bits per heavy atom. The van der Waals surface area contributed by atoms with Gasteiger partial charge in [-0.25, -0.2) is 0 Å². The van der Waals surface area contributed by atoms with Crippen molar-refractivity contribution < 1.29 is 4.79 Å².